The number of halogens is 4. The van der Waals surface area contributed by atoms with Gasteiger partial charge < -0.3 is 5.32 Å². The quantitative estimate of drug-likeness (QED) is 0.748. The van der Waals surface area contributed by atoms with Crippen molar-refractivity contribution in [1.29, 1.82) is 0 Å². The van der Waals surface area contributed by atoms with Crippen molar-refractivity contribution in [3.05, 3.63) is 63.6 Å². The van der Waals surface area contributed by atoms with E-state index in [1.165, 1.54) is 18.2 Å². The Balaban J connectivity index is 2.31. The average molecular weight is 316 g/mol. The molecule has 2 aromatic carbocycles. The third-order valence-corrected chi connectivity index (χ3v) is 3.77. The maximum atomic E-state index is 13.7. The third-order valence-electron chi connectivity index (χ3n) is 3.04. The lowest BCUT2D eigenvalue weighted by Crippen LogP contribution is -2.12. The topological polar surface area (TPSA) is 12.0 Å². The first-order valence-electron chi connectivity index (χ1n) is 6.18. The molecule has 0 heterocycles. The number of nitrogens with one attached hydrogen (secondary N) is 1. The van der Waals surface area contributed by atoms with Gasteiger partial charge in [-0.1, -0.05) is 42.3 Å². The highest BCUT2D eigenvalue weighted by Gasteiger charge is 2.15. The van der Waals surface area contributed by atoms with Crippen LogP contribution in [-0.4, -0.2) is 0 Å². The van der Waals surface area contributed by atoms with Crippen molar-refractivity contribution in [2.75, 3.05) is 5.32 Å². The molecule has 0 bridgehead atoms. The highest BCUT2D eigenvalue weighted by atomic mass is 35.5. The predicted molar refractivity (Wildman–Crippen MR) is 79.5 cm³/mol. The lowest BCUT2D eigenvalue weighted by molar-refractivity contribution is 0.581. The molecule has 1 nitrogen and oxygen atoms in total. The van der Waals surface area contributed by atoms with Crippen molar-refractivity contribution in [2.45, 2.75) is 19.4 Å². The molecular weight excluding hydrogens is 303 g/mol. The van der Waals surface area contributed by atoms with E-state index in [2.05, 4.69) is 5.32 Å². The Kier molecular flexibility index (Phi) is 4.84. The van der Waals surface area contributed by atoms with Crippen molar-refractivity contribution < 1.29 is 8.78 Å². The van der Waals surface area contributed by atoms with Gasteiger partial charge in [0.25, 0.3) is 0 Å². The number of hydrogen-bond donors (Lipinski definition) is 1. The van der Waals surface area contributed by atoms with Crippen LogP contribution in [0.4, 0.5) is 14.5 Å². The third kappa shape index (κ3) is 3.22. The van der Waals surface area contributed by atoms with Gasteiger partial charge in [-0.05, 0) is 36.2 Å². The van der Waals surface area contributed by atoms with Crippen LogP contribution in [0.5, 0.6) is 0 Å². The van der Waals surface area contributed by atoms with E-state index in [-0.39, 0.29) is 11.7 Å². The Bertz CT molecular complexity index is 597. The average Bonchev–Trinajstić information content (AvgIpc) is 2.42. The molecule has 0 aliphatic rings. The summed E-state index contributed by atoms with van der Waals surface area (Å²) in [6, 6.07) is 8.66. The van der Waals surface area contributed by atoms with Crippen LogP contribution in [0.2, 0.25) is 10.0 Å². The zero-order valence-corrected chi connectivity index (χ0v) is 12.3. The molecule has 1 unspecified atom stereocenters. The highest BCUT2D eigenvalue weighted by molar-refractivity contribution is 6.42. The second-order valence-corrected chi connectivity index (χ2v) is 5.19. The molecule has 0 aliphatic heterocycles. The maximum Gasteiger partial charge on any atom is 0.149 e. The van der Waals surface area contributed by atoms with Crippen molar-refractivity contribution in [3.63, 3.8) is 0 Å². The minimum Gasteiger partial charge on any atom is -0.374 e. The number of anilines is 1. The van der Waals surface area contributed by atoms with E-state index < -0.39 is 11.6 Å². The van der Waals surface area contributed by atoms with E-state index in [1.807, 2.05) is 6.92 Å². The van der Waals surface area contributed by atoms with Gasteiger partial charge in [0.1, 0.15) is 17.3 Å². The molecule has 0 spiro atoms. The molecule has 0 aromatic heterocycles. The molecule has 2 aromatic rings. The lowest BCUT2D eigenvalue weighted by Gasteiger charge is -2.20. The van der Waals surface area contributed by atoms with Crippen LogP contribution in [0, 0.1) is 11.6 Å². The SMILES string of the molecule is CCC(Nc1c(F)cccc1F)c1ccc(Cl)c(Cl)c1. The zero-order chi connectivity index (χ0) is 14.7. The fraction of sp³-hybridized carbons (Fsp3) is 0.200. The first-order valence-corrected chi connectivity index (χ1v) is 6.94. The van der Waals surface area contributed by atoms with Crippen molar-refractivity contribution in [3.8, 4) is 0 Å². The summed E-state index contributed by atoms with van der Waals surface area (Å²) in [6.45, 7) is 1.92. The van der Waals surface area contributed by atoms with Crippen LogP contribution in [0.15, 0.2) is 36.4 Å². The standard InChI is InChI=1S/C15H13Cl2F2N/c1-2-14(9-6-7-10(16)11(17)8-9)20-15-12(18)4-3-5-13(15)19/h3-8,14,20H,2H2,1H3. The Morgan fingerprint density at radius 2 is 1.70 bits per heavy atom. The summed E-state index contributed by atoms with van der Waals surface area (Å²) < 4.78 is 27.3. The number of benzene rings is 2. The fourth-order valence-electron chi connectivity index (χ4n) is 1.96. The molecule has 106 valence electrons. The van der Waals surface area contributed by atoms with Gasteiger partial charge >= 0.3 is 0 Å². The van der Waals surface area contributed by atoms with Crippen molar-refractivity contribution in [2.24, 2.45) is 0 Å². The Morgan fingerprint density at radius 1 is 1.05 bits per heavy atom. The monoisotopic (exact) mass is 315 g/mol. The predicted octanol–water partition coefficient (Wildman–Crippen LogP) is 5.83. The molecule has 0 saturated heterocycles. The normalized spacial score (nSPS) is 12.2. The lowest BCUT2D eigenvalue weighted by atomic mass is 10.0. The second kappa shape index (κ2) is 6.42. The summed E-state index contributed by atoms with van der Waals surface area (Å²) in [5.41, 5.74) is 0.690. The summed E-state index contributed by atoms with van der Waals surface area (Å²) in [4.78, 5) is 0. The molecule has 1 atom stereocenters. The van der Waals surface area contributed by atoms with Crippen LogP contribution in [0.25, 0.3) is 0 Å². The smallest absolute Gasteiger partial charge is 0.149 e. The molecular formula is C15H13Cl2F2N. The Hall–Kier alpha value is -1.32. The van der Waals surface area contributed by atoms with Gasteiger partial charge in [-0.2, -0.15) is 0 Å². The van der Waals surface area contributed by atoms with E-state index in [0.29, 0.717) is 16.5 Å². The minimum absolute atomic E-state index is 0.134. The molecule has 0 amide bonds. The van der Waals surface area contributed by atoms with Gasteiger partial charge in [-0.15, -0.1) is 0 Å². The number of hydrogen-bond acceptors (Lipinski definition) is 1. The summed E-state index contributed by atoms with van der Waals surface area (Å²) in [5, 5.41) is 3.74. The molecule has 5 heteroatoms. The van der Waals surface area contributed by atoms with Crippen LogP contribution in [0.3, 0.4) is 0 Å². The van der Waals surface area contributed by atoms with Gasteiger partial charge in [0.2, 0.25) is 0 Å². The van der Waals surface area contributed by atoms with Crippen molar-refractivity contribution in [1.82, 2.24) is 0 Å². The summed E-state index contributed by atoms with van der Waals surface area (Å²) in [5.74, 6) is -1.24. The zero-order valence-electron chi connectivity index (χ0n) is 10.8. The summed E-state index contributed by atoms with van der Waals surface area (Å²) >= 11 is 11.8. The first-order chi connectivity index (χ1) is 9.52. The molecule has 0 aliphatic carbocycles. The Morgan fingerprint density at radius 3 is 2.25 bits per heavy atom. The molecule has 20 heavy (non-hydrogen) atoms. The van der Waals surface area contributed by atoms with Gasteiger partial charge in [-0.25, -0.2) is 8.78 Å². The van der Waals surface area contributed by atoms with Gasteiger partial charge in [0.05, 0.1) is 16.1 Å². The van der Waals surface area contributed by atoms with Crippen LogP contribution < -0.4 is 5.32 Å². The van der Waals surface area contributed by atoms with E-state index in [9.17, 15) is 8.78 Å². The molecule has 0 radical (unpaired) electrons. The summed E-state index contributed by atoms with van der Waals surface area (Å²) in [6.07, 6.45) is 0.645. The maximum absolute atomic E-state index is 13.7. The van der Waals surface area contributed by atoms with Gasteiger partial charge in [0.15, 0.2) is 0 Å². The number of para-hydroxylation sites is 1. The van der Waals surface area contributed by atoms with E-state index >= 15 is 0 Å². The van der Waals surface area contributed by atoms with Crippen LogP contribution in [-0.2, 0) is 0 Å². The molecule has 1 N–H and O–H groups in total. The second-order valence-electron chi connectivity index (χ2n) is 4.38. The van der Waals surface area contributed by atoms with Gasteiger partial charge in [-0.3, -0.25) is 0 Å². The largest absolute Gasteiger partial charge is 0.374 e. The first kappa shape index (κ1) is 15.1. The summed E-state index contributed by atoms with van der Waals surface area (Å²) in [7, 11) is 0. The fourth-order valence-corrected chi connectivity index (χ4v) is 2.27. The van der Waals surface area contributed by atoms with Gasteiger partial charge in [0, 0.05) is 0 Å². The van der Waals surface area contributed by atoms with Crippen molar-refractivity contribution >= 4 is 28.9 Å². The number of rotatable bonds is 4. The van der Waals surface area contributed by atoms with Crippen LogP contribution >= 0.6 is 23.2 Å². The molecule has 0 fully saturated rings. The highest BCUT2D eigenvalue weighted by Crippen LogP contribution is 2.30. The Labute approximate surface area is 126 Å². The van der Waals surface area contributed by atoms with E-state index in [4.69, 9.17) is 23.2 Å². The van der Waals surface area contributed by atoms with E-state index in [1.54, 1.807) is 18.2 Å². The minimum atomic E-state index is -0.622. The molecule has 2 rings (SSSR count). The van der Waals surface area contributed by atoms with Crippen LogP contribution in [0.1, 0.15) is 24.9 Å². The molecule has 0 saturated carbocycles. The van der Waals surface area contributed by atoms with E-state index in [0.717, 1.165) is 5.56 Å².